The van der Waals surface area contributed by atoms with Gasteiger partial charge in [-0.15, -0.1) is 0 Å². The largest absolute Gasteiger partial charge is 0.348 e. The zero-order valence-corrected chi connectivity index (χ0v) is 19.5. The van der Waals surface area contributed by atoms with E-state index in [1.165, 1.54) is 12.1 Å². The second-order valence-corrected chi connectivity index (χ2v) is 9.17. The first-order chi connectivity index (χ1) is 16.8. The molecule has 0 aliphatic carbocycles. The molecule has 2 aliphatic rings. The fourth-order valence-electron chi connectivity index (χ4n) is 4.81. The standard InChI is InChI=1S/C29H24F2N2O2/c1-16-10-27(32-14-16)22-9-8-20(24-15-33-29(35)28(22)24)21-7-6-18(12-26(21)31)11-19(34)13-23-17(2)4-3-5-25(23)30/h3-9,12,14H,10-11,13,15H2,1-2H3,(H,33,35). The van der Waals surface area contributed by atoms with Crippen molar-refractivity contribution < 1.29 is 18.4 Å². The number of rotatable bonds is 6. The van der Waals surface area contributed by atoms with Crippen LogP contribution in [-0.2, 0) is 24.2 Å². The molecule has 3 aromatic carbocycles. The Labute approximate surface area is 202 Å². The highest BCUT2D eigenvalue weighted by Crippen LogP contribution is 2.35. The van der Waals surface area contributed by atoms with Crippen LogP contribution in [0.5, 0.6) is 0 Å². The molecule has 2 heterocycles. The van der Waals surface area contributed by atoms with Crippen molar-refractivity contribution in [2.75, 3.05) is 0 Å². The first-order valence-electron chi connectivity index (χ1n) is 11.5. The van der Waals surface area contributed by atoms with Crippen molar-refractivity contribution in [1.82, 2.24) is 5.32 Å². The molecule has 0 unspecified atom stereocenters. The van der Waals surface area contributed by atoms with Crippen LogP contribution in [0.2, 0.25) is 0 Å². The molecule has 0 radical (unpaired) electrons. The number of amides is 1. The van der Waals surface area contributed by atoms with E-state index in [2.05, 4.69) is 10.3 Å². The molecule has 3 aromatic rings. The third-order valence-electron chi connectivity index (χ3n) is 6.62. The Hall–Kier alpha value is -3.93. The minimum atomic E-state index is -0.470. The molecule has 0 spiro atoms. The molecule has 35 heavy (non-hydrogen) atoms. The van der Waals surface area contributed by atoms with E-state index in [4.69, 9.17) is 0 Å². The van der Waals surface area contributed by atoms with Gasteiger partial charge in [0, 0.05) is 43.1 Å². The summed E-state index contributed by atoms with van der Waals surface area (Å²) in [6.07, 6.45) is 2.45. The van der Waals surface area contributed by atoms with E-state index in [0.29, 0.717) is 40.8 Å². The van der Waals surface area contributed by atoms with Gasteiger partial charge in [-0.25, -0.2) is 8.78 Å². The van der Waals surface area contributed by atoms with Crippen LogP contribution in [-0.4, -0.2) is 17.4 Å². The minimum Gasteiger partial charge on any atom is -0.348 e. The number of allylic oxidation sites excluding steroid dienone is 1. The second kappa shape index (κ2) is 9.02. The highest BCUT2D eigenvalue weighted by Gasteiger charge is 2.29. The van der Waals surface area contributed by atoms with E-state index < -0.39 is 11.6 Å². The fraction of sp³-hybridized carbons (Fsp3) is 0.207. The molecule has 0 aromatic heterocycles. The summed E-state index contributed by atoms with van der Waals surface area (Å²) >= 11 is 0. The maximum Gasteiger partial charge on any atom is 0.252 e. The van der Waals surface area contributed by atoms with Crippen molar-refractivity contribution >= 4 is 17.4 Å². The van der Waals surface area contributed by atoms with Crippen LogP contribution in [0, 0.1) is 18.6 Å². The van der Waals surface area contributed by atoms with Crippen LogP contribution in [0.25, 0.3) is 11.1 Å². The van der Waals surface area contributed by atoms with Crippen molar-refractivity contribution in [3.63, 3.8) is 0 Å². The molecule has 5 rings (SSSR count). The fourth-order valence-corrected chi connectivity index (χ4v) is 4.81. The number of benzene rings is 3. The number of nitrogens with zero attached hydrogens (tertiary/aromatic N) is 1. The van der Waals surface area contributed by atoms with Crippen LogP contribution >= 0.6 is 0 Å². The molecular weight excluding hydrogens is 446 g/mol. The van der Waals surface area contributed by atoms with Gasteiger partial charge in [-0.2, -0.15) is 0 Å². The van der Waals surface area contributed by atoms with Gasteiger partial charge in [0.2, 0.25) is 0 Å². The first kappa shape index (κ1) is 22.8. The second-order valence-electron chi connectivity index (χ2n) is 9.17. The van der Waals surface area contributed by atoms with Gasteiger partial charge >= 0.3 is 0 Å². The van der Waals surface area contributed by atoms with Crippen molar-refractivity contribution in [2.45, 2.75) is 39.7 Å². The number of carbonyl (C=O) groups excluding carboxylic acids is 2. The van der Waals surface area contributed by atoms with Gasteiger partial charge in [0.05, 0.1) is 11.3 Å². The maximum atomic E-state index is 15.3. The third-order valence-corrected chi connectivity index (χ3v) is 6.62. The Morgan fingerprint density at radius 1 is 0.971 bits per heavy atom. The van der Waals surface area contributed by atoms with Gasteiger partial charge in [0.25, 0.3) is 5.91 Å². The Morgan fingerprint density at radius 2 is 1.74 bits per heavy atom. The van der Waals surface area contributed by atoms with E-state index in [1.807, 2.05) is 19.1 Å². The van der Waals surface area contributed by atoms with Crippen molar-refractivity contribution in [3.05, 3.63) is 105 Å². The van der Waals surface area contributed by atoms with Gasteiger partial charge in [0.15, 0.2) is 0 Å². The molecule has 1 amide bonds. The smallest absolute Gasteiger partial charge is 0.252 e. The average molecular weight is 471 g/mol. The molecule has 176 valence electrons. The quantitative estimate of drug-likeness (QED) is 0.507. The van der Waals surface area contributed by atoms with Crippen LogP contribution < -0.4 is 5.32 Å². The number of ketones is 1. The van der Waals surface area contributed by atoms with E-state index >= 15 is 4.39 Å². The number of Topliss-reactive ketones (excluding diaryl/α,β-unsaturated/α-hetero) is 1. The molecule has 2 aliphatic heterocycles. The van der Waals surface area contributed by atoms with E-state index in [0.717, 1.165) is 28.0 Å². The predicted octanol–water partition coefficient (Wildman–Crippen LogP) is 5.63. The highest BCUT2D eigenvalue weighted by molar-refractivity contribution is 6.14. The molecule has 6 heteroatoms. The monoisotopic (exact) mass is 470 g/mol. The van der Waals surface area contributed by atoms with Crippen LogP contribution in [0.1, 0.15) is 51.5 Å². The number of aryl methyl sites for hydroxylation is 1. The maximum absolute atomic E-state index is 15.3. The summed E-state index contributed by atoms with van der Waals surface area (Å²) in [5.74, 6) is -1.25. The van der Waals surface area contributed by atoms with Crippen molar-refractivity contribution in [3.8, 4) is 11.1 Å². The summed E-state index contributed by atoms with van der Waals surface area (Å²) < 4.78 is 29.3. The molecule has 0 saturated carbocycles. The third kappa shape index (κ3) is 4.32. The molecule has 1 N–H and O–H groups in total. The van der Waals surface area contributed by atoms with Crippen molar-refractivity contribution in [2.24, 2.45) is 4.99 Å². The summed E-state index contributed by atoms with van der Waals surface area (Å²) in [7, 11) is 0. The van der Waals surface area contributed by atoms with Crippen LogP contribution in [0.4, 0.5) is 8.78 Å². The normalized spacial score (nSPS) is 14.5. The number of aliphatic imine (C=N–C) groups is 1. The van der Waals surface area contributed by atoms with E-state index in [-0.39, 0.29) is 24.5 Å². The summed E-state index contributed by atoms with van der Waals surface area (Å²) in [6, 6.07) is 13.1. The zero-order valence-electron chi connectivity index (χ0n) is 19.5. The van der Waals surface area contributed by atoms with Gasteiger partial charge in [-0.1, -0.05) is 36.4 Å². The molecule has 0 bridgehead atoms. The SMILES string of the molecule is CC1=CN=C(c2ccc(-c3ccc(CC(=O)Cc4c(C)cccc4F)cc3F)c3c2C(=O)NC3)C1. The number of hydrogen-bond acceptors (Lipinski definition) is 3. The number of carbonyl (C=O) groups is 2. The topological polar surface area (TPSA) is 58.5 Å². The lowest BCUT2D eigenvalue weighted by molar-refractivity contribution is -0.117. The molecule has 0 atom stereocenters. The number of halogens is 2. The van der Waals surface area contributed by atoms with Gasteiger partial charge < -0.3 is 5.32 Å². The molecule has 4 nitrogen and oxygen atoms in total. The zero-order chi connectivity index (χ0) is 24.7. The Balaban J connectivity index is 1.41. The molecule has 0 saturated heterocycles. The molecule has 0 fully saturated rings. The minimum absolute atomic E-state index is 0.00817. The summed E-state index contributed by atoms with van der Waals surface area (Å²) in [6.45, 7) is 4.07. The van der Waals surface area contributed by atoms with Crippen molar-refractivity contribution in [1.29, 1.82) is 0 Å². The van der Waals surface area contributed by atoms with Crippen LogP contribution in [0.15, 0.2) is 65.3 Å². The number of nitrogens with one attached hydrogen (secondary N) is 1. The van der Waals surface area contributed by atoms with Gasteiger partial charge in [0.1, 0.15) is 17.4 Å². The number of hydrogen-bond donors (Lipinski definition) is 1. The lowest BCUT2D eigenvalue weighted by Gasteiger charge is -2.13. The van der Waals surface area contributed by atoms with E-state index in [9.17, 15) is 14.0 Å². The lowest BCUT2D eigenvalue weighted by Crippen LogP contribution is -2.15. The summed E-state index contributed by atoms with van der Waals surface area (Å²) in [4.78, 5) is 29.6. The summed E-state index contributed by atoms with van der Waals surface area (Å²) in [5, 5.41) is 2.85. The predicted molar refractivity (Wildman–Crippen MR) is 131 cm³/mol. The Morgan fingerprint density at radius 3 is 2.46 bits per heavy atom. The average Bonchev–Trinajstić information content (AvgIpc) is 3.42. The van der Waals surface area contributed by atoms with E-state index in [1.54, 1.807) is 37.4 Å². The molecular formula is C29H24F2N2O2. The summed E-state index contributed by atoms with van der Waals surface area (Å²) in [5.41, 5.74) is 6.65. The Bertz CT molecular complexity index is 1430. The van der Waals surface area contributed by atoms with Gasteiger partial charge in [-0.3, -0.25) is 14.6 Å². The first-order valence-corrected chi connectivity index (χ1v) is 11.5. The van der Waals surface area contributed by atoms with Crippen LogP contribution in [0.3, 0.4) is 0 Å². The lowest BCUT2D eigenvalue weighted by atomic mass is 9.89. The van der Waals surface area contributed by atoms with Gasteiger partial charge in [-0.05, 0) is 59.4 Å². The Kier molecular flexibility index (Phi) is 5.89. The number of fused-ring (bicyclic) bond motifs is 1. The highest BCUT2D eigenvalue weighted by atomic mass is 19.1.